The lowest BCUT2D eigenvalue weighted by Crippen LogP contribution is -2.43. The van der Waals surface area contributed by atoms with Gasteiger partial charge in [0.25, 0.3) is 0 Å². The normalized spacial score (nSPS) is 11.5. The third kappa shape index (κ3) is 25.0. The number of aliphatic carboxylic acids is 2. The molecule has 0 aliphatic heterocycles. The first-order valence-corrected chi connectivity index (χ1v) is 12.5. The summed E-state index contributed by atoms with van der Waals surface area (Å²) in [5.41, 5.74) is 3.61. The van der Waals surface area contributed by atoms with Crippen molar-refractivity contribution < 1.29 is 19.8 Å². The number of hydrazine groups is 1. The molecule has 0 saturated heterocycles. The molecule has 0 radical (unpaired) electrons. The molecule has 0 aromatic carbocycles. The Hall–Kier alpha value is -1.18. The summed E-state index contributed by atoms with van der Waals surface area (Å²) in [6.07, 6.45) is 16.3. The third-order valence-electron chi connectivity index (χ3n) is 5.54. The number of hydrogen-bond donors (Lipinski definition) is 3. The largest absolute Gasteiger partial charge is 0.481 e. The van der Waals surface area contributed by atoms with E-state index in [1.165, 1.54) is 51.4 Å². The number of nitrogens with zero attached hydrogens (tertiary/aromatic N) is 2. The second-order valence-corrected chi connectivity index (χ2v) is 8.94. The molecule has 0 aromatic rings. The number of carboxylic acids is 2. The van der Waals surface area contributed by atoms with E-state index in [0.29, 0.717) is 12.8 Å². The minimum Gasteiger partial charge on any atom is -0.481 e. The number of hydrogen-bond acceptors (Lipinski definition) is 5. The minimum atomic E-state index is -0.683. The number of carbonyl (C=O) groups is 2. The van der Waals surface area contributed by atoms with Crippen LogP contribution >= 0.6 is 0 Å². The van der Waals surface area contributed by atoms with Gasteiger partial charge >= 0.3 is 11.9 Å². The summed E-state index contributed by atoms with van der Waals surface area (Å²) in [7, 11) is 4.22. The van der Waals surface area contributed by atoms with Crippen LogP contribution in [0.15, 0.2) is 0 Å². The highest BCUT2D eigenvalue weighted by Crippen LogP contribution is 2.10. The molecule has 0 aliphatic carbocycles. The molecule has 31 heavy (non-hydrogen) atoms. The fraction of sp³-hybridized carbons (Fsp3) is 0.917. The first-order valence-electron chi connectivity index (χ1n) is 12.5. The number of nitrogens with one attached hydrogen (secondary N) is 1. The molecule has 0 atom stereocenters. The number of carboxylic acid groups (broad SMARTS) is 2. The Morgan fingerprint density at radius 1 is 0.581 bits per heavy atom. The highest BCUT2D eigenvalue weighted by atomic mass is 16.4. The number of unbranched alkanes of at least 4 members (excludes halogenated alkanes) is 12. The van der Waals surface area contributed by atoms with E-state index >= 15 is 0 Å². The average Bonchev–Trinajstić information content (AvgIpc) is 2.70. The Kier molecular flexibility index (Phi) is 21.2. The molecule has 7 nitrogen and oxygen atoms in total. The molecule has 0 unspecified atom stereocenters. The van der Waals surface area contributed by atoms with Gasteiger partial charge in [-0.3, -0.25) is 15.0 Å². The van der Waals surface area contributed by atoms with E-state index in [1.807, 2.05) is 0 Å². The maximum atomic E-state index is 10.5. The fourth-order valence-corrected chi connectivity index (χ4v) is 3.58. The summed E-state index contributed by atoms with van der Waals surface area (Å²) in [4.78, 5) is 23.2. The molecule has 7 heteroatoms. The van der Waals surface area contributed by atoms with E-state index in [2.05, 4.69) is 29.4 Å². The average molecular weight is 444 g/mol. The molecule has 0 aromatic heterocycles. The second-order valence-electron chi connectivity index (χ2n) is 8.94. The first-order chi connectivity index (χ1) is 14.9. The molecule has 0 bridgehead atoms. The smallest absolute Gasteiger partial charge is 0.303 e. The van der Waals surface area contributed by atoms with Gasteiger partial charge in [0.1, 0.15) is 0 Å². The molecule has 0 heterocycles. The lowest BCUT2D eigenvalue weighted by Gasteiger charge is -2.25. The van der Waals surface area contributed by atoms with Gasteiger partial charge in [-0.25, -0.2) is 5.01 Å². The maximum Gasteiger partial charge on any atom is 0.303 e. The van der Waals surface area contributed by atoms with Crippen LogP contribution in [0.3, 0.4) is 0 Å². The summed E-state index contributed by atoms with van der Waals surface area (Å²) >= 11 is 0. The quantitative estimate of drug-likeness (QED) is 0.146. The molecule has 0 amide bonds. The predicted molar refractivity (Wildman–Crippen MR) is 127 cm³/mol. The van der Waals surface area contributed by atoms with Crippen LogP contribution < -0.4 is 5.43 Å². The van der Waals surface area contributed by atoms with Crippen LogP contribution in [0.1, 0.15) is 103 Å². The van der Waals surface area contributed by atoms with Crippen LogP contribution in [0.5, 0.6) is 0 Å². The fourth-order valence-electron chi connectivity index (χ4n) is 3.58. The summed E-state index contributed by atoms with van der Waals surface area (Å²) < 4.78 is 0. The Balaban J connectivity index is 3.68. The maximum absolute atomic E-state index is 10.5. The van der Waals surface area contributed by atoms with Crippen molar-refractivity contribution in [3.8, 4) is 0 Å². The molecule has 0 rings (SSSR count). The van der Waals surface area contributed by atoms with Gasteiger partial charge in [0, 0.05) is 39.0 Å². The molecule has 3 N–H and O–H groups in total. The Bertz CT molecular complexity index is 433. The SMILES string of the molecule is CN(C)CCN(CCCCCCCCCC(=O)O)NCCCCCCCCCC(=O)O. The van der Waals surface area contributed by atoms with E-state index < -0.39 is 11.9 Å². The molecule has 184 valence electrons. The topological polar surface area (TPSA) is 93.1 Å². The van der Waals surface area contributed by atoms with E-state index in [9.17, 15) is 9.59 Å². The van der Waals surface area contributed by atoms with Gasteiger partial charge in [0.2, 0.25) is 0 Å². The molecular weight excluding hydrogens is 394 g/mol. The van der Waals surface area contributed by atoms with E-state index in [1.54, 1.807) is 0 Å². The highest BCUT2D eigenvalue weighted by molar-refractivity contribution is 5.66. The van der Waals surface area contributed by atoms with Gasteiger partial charge in [-0.15, -0.1) is 0 Å². The Morgan fingerprint density at radius 2 is 1.00 bits per heavy atom. The van der Waals surface area contributed by atoms with Crippen LogP contribution in [-0.2, 0) is 9.59 Å². The van der Waals surface area contributed by atoms with E-state index in [0.717, 1.165) is 64.7 Å². The van der Waals surface area contributed by atoms with Crippen LogP contribution in [0.4, 0.5) is 0 Å². The van der Waals surface area contributed by atoms with Crippen molar-refractivity contribution in [2.75, 3.05) is 40.3 Å². The zero-order valence-corrected chi connectivity index (χ0v) is 20.2. The minimum absolute atomic E-state index is 0.305. The standard InChI is InChI=1S/C24H49N3O4/c1-26(2)21-22-27(20-16-12-8-4-6-10-14-18-24(30)31)25-19-15-11-7-3-5-9-13-17-23(28)29/h25H,3-22H2,1-2H3,(H,28,29)(H,30,31). The summed E-state index contributed by atoms with van der Waals surface area (Å²) in [5.74, 6) is -1.36. The van der Waals surface area contributed by atoms with Crippen LogP contribution in [0.2, 0.25) is 0 Å². The third-order valence-corrected chi connectivity index (χ3v) is 5.54. The second kappa shape index (κ2) is 22.0. The van der Waals surface area contributed by atoms with Crippen molar-refractivity contribution in [2.24, 2.45) is 0 Å². The van der Waals surface area contributed by atoms with Crippen LogP contribution in [0, 0.1) is 0 Å². The number of rotatable bonds is 24. The van der Waals surface area contributed by atoms with Gasteiger partial charge in [0.15, 0.2) is 0 Å². The molecular formula is C24H49N3O4. The van der Waals surface area contributed by atoms with E-state index in [-0.39, 0.29) is 0 Å². The van der Waals surface area contributed by atoms with Gasteiger partial charge in [-0.2, -0.15) is 0 Å². The lowest BCUT2D eigenvalue weighted by atomic mass is 10.1. The van der Waals surface area contributed by atoms with Crippen molar-refractivity contribution in [3.05, 3.63) is 0 Å². The number of likely N-dealkylation sites (N-methyl/N-ethyl adjacent to an activating group) is 1. The first kappa shape index (κ1) is 29.8. The highest BCUT2D eigenvalue weighted by Gasteiger charge is 2.05. The van der Waals surface area contributed by atoms with Gasteiger partial charge in [-0.1, -0.05) is 64.2 Å². The van der Waals surface area contributed by atoms with Crippen molar-refractivity contribution in [1.29, 1.82) is 0 Å². The van der Waals surface area contributed by atoms with Gasteiger partial charge in [-0.05, 0) is 39.8 Å². The molecule has 0 aliphatic rings. The molecule has 0 spiro atoms. The Labute approximate surface area is 190 Å². The Morgan fingerprint density at radius 3 is 1.45 bits per heavy atom. The van der Waals surface area contributed by atoms with E-state index in [4.69, 9.17) is 10.2 Å². The zero-order valence-electron chi connectivity index (χ0n) is 20.2. The molecule has 0 saturated carbocycles. The van der Waals surface area contributed by atoms with Crippen molar-refractivity contribution in [3.63, 3.8) is 0 Å². The van der Waals surface area contributed by atoms with Crippen molar-refractivity contribution in [1.82, 2.24) is 15.3 Å². The van der Waals surface area contributed by atoms with Crippen molar-refractivity contribution >= 4 is 11.9 Å². The zero-order chi connectivity index (χ0) is 23.2. The van der Waals surface area contributed by atoms with Crippen LogP contribution in [0.25, 0.3) is 0 Å². The molecule has 0 fully saturated rings. The summed E-state index contributed by atoms with van der Waals surface area (Å²) in [6.45, 7) is 4.19. The summed E-state index contributed by atoms with van der Waals surface area (Å²) in [5, 5.41) is 19.7. The predicted octanol–water partition coefficient (Wildman–Crippen LogP) is 4.77. The van der Waals surface area contributed by atoms with Gasteiger partial charge < -0.3 is 15.1 Å². The van der Waals surface area contributed by atoms with Crippen molar-refractivity contribution in [2.45, 2.75) is 103 Å². The van der Waals surface area contributed by atoms with Gasteiger partial charge in [0.05, 0.1) is 0 Å². The van der Waals surface area contributed by atoms with Crippen LogP contribution in [-0.4, -0.2) is 72.3 Å². The monoisotopic (exact) mass is 443 g/mol. The lowest BCUT2D eigenvalue weighted by molar-refractivity contribution is -0.138. The summed E-state index contributed by atoms with van der Waals surface area (Å²) in [6, 6.07) is 0.